The van der Waals surface area contributed by atoms with Crippen molar-refractivity contribution in [2.75, 3.05) is 26.4 Å². The first-order valence-electron chi connectivity index (χ1n) is 19.3. The molecular formula is C42H68NO9P. The number of phosphoric ester groups is 1. The lowest BCUT2D eigenvalue weighted by atomic mass is 10.2. The Morgan fingerprint density at radius 1 is 0.604 bits per heavy atom. The molecule has 4 N–H and O–H groups in total. The number of unbranched alkanes of at least 4 members (excludes halogenated alkanes) is 5. The van der Waals surface area contributed by atoms with E-state index in [4.69, 9.17) is 24.8 Å². The number of esters is 1. The van der Waals surface area contributed by atoms with Gasteiger partial charge in [0.2, 0.25) is 0 Å². The normalized spacial score (nSPS) is 15.1. The average molecular weight is 762 g/mol. The molecule has 300 valence electrons. The van der Waals surface area contributed by atoms with Crippen LogP contribution >= 0.6 is 7.82 Å². The van der Waals surface area contributed by atoms with Crippen molar-refractivity contribution in [1.29, 1.82) is 0 Å². The van der Waals surface area contributed by atoms with Crippen LogP contribution in [-0.2, 0) is 32.7 Å². The van der Waals surface area contributed by atoms with E-state index in [1.807, 2.05) is 0 Å². The van der Waals surface area contributed by atoms with E-state index < -0.39 is 45.1 Å². The quantitative estimate of drug-likeness (QED) is 0.0246. The molecule has 0 aromatic heterocycles. The van der Waals surface area contributed by atoms with Crippen molar-refractivity contribution in [2.24, 2.45) is 5.73 Å². The molecule has 0 bridgehead atoms. The fourth-order valence-electron chi connectivity index (χ4n) is 4.41. The Labute approximate surface area is 319 Å². The first-order valence-corrected chi connectivity index (χ1v) is 20.8. The van der Waals surface area contributed by atoms with Gasteiger partial charge in [-0.1, -0.05) is 117 Å². The highest BCUT2D eigenvalue weighted by Crippen LogP contribution is 2.43. The molecule has 3 unspecified atom stereocenters. The third-order valence-corrected chi connectivity index (χ3v) is 8.31. The van der Waals surface area contributed by atoms with Gasteiger partial charge in [0.25, 0.3) is 0 Å². The number of carbonyl (C=O) groups excluding carboxylic acids is 1. The molecule has 0 saturated heterocycles. The van der Waals surface area contributed by atoms with Crippen LogP contribution in [0.4, 0.5) is 0 Å². The molecule has 0 aliphatic heterocycles. The second-order valence-corrected chi connectivity index (χ2v) is 13.7. The Balaban J connectivity index is 4.47. The Morgan fingerprint density at radius 3 is 1.51 bits per heavy atom. The number of carboxylic acids is 1. The Kier molecular flexibility index (Phi) is 35.0. The van der Waals surface area contributed by atoms with Gasteiger partial charge >= 0.3 is 19.8 Å². The summed E-state index contributed by atoms with van der Waals surface area (Å²) in [5, 5.41) is 8.87. The largest absolute Gasteiger partial charge is 0.480 e. The number of nitrogens with two attached hydrogens (primary N) is 1. The summed E-state index contributed by atoms with van der Waals surface area (Å²) in [5.41, 5.74) is 5.33. The third kappa shape index (κ3) is 37.0. The standard InChI is InChI=1S/C42H68NO9P/c1-3-5-7-9-11-13-15-17-19-21-23-25-27-29-31-33-35-49-36-39(37-50-53(47,48)51-38-40(43)42(45)46)52-41(44)34-32-30-28-26-24-22-20-18-16-14-12-10-8-6-4-2/h5-8,11-14,17-20,23-26,39-40H,3-4,9-10,15-16,21-22,27-38,43H2,1-2H3,(H,45,46)(H,47,48)/b7-5-,8-6-,13-11-,14-12-,19-17-,20-18-,25-23-,26-24-. The van der Waals surface area contributed by atoms with Crippen LogP contribution in [0.3, 0.4) is 0 Å². The SMILES string of the molecule is CC/C=C\C/C=C\C/C=C\C/C=C\CCCCCOCC(COP(=O)(O)OCC(N)C(=O)O)OC(=O)CCCC/C=C\C/C=C\C/C=C\C/C=C\CC. The number of allylic oxidation sites excluding steroid dienone is 16. The highest BCUT2D eigenvalue weighted by Gasteiger charge is 2.27. The fraction of sp³-hybridized carbons (Fsp3) is 0.571. The van der Waals surface area contributed by atoms with Crippen molar-refractivity contribution in [2.45, 2.75) is 129 Å². The van der Waals surface area contributed by atoms with E-state index in [1.54, 1.807) is 0 Å². The maximum atomic E-state index is 12.6. The zero-order chi connectivity index (χ0) is 39.1. The van der Waals surface area contributed by atoms with Crippen LogP contribution in [0.25, 0.3) is 0 Å². The summed E-state index contributed by atoms with van der Waals surface area (Å²) < 4.78 is 33.1. The summed E-state index contributed by atoms with van der Waals surface area (Å²) in [6, 6.07) is -1.49. The topological polar surface area (TPSA) is 155 Å². The number of aliphatic carboxylic acids is 1. The van der Waals surface area contributed by atoms with Gasteiger partial charge in [-0.25, -0.2) is 4.57 Å². The number of hydrogen-bond acceptors (Lipinski definition) is 8. The minimum absolute atomic E-state index is 0.0286. The van der Waals surface area contributed by atoms with Crippen LogP contribution in [0.2, 0.25) is 0 Å². The molecule has 0 saturated carbocycles. The van der Waals surface area contributed by atoms with Gasteiger partial charge in [-0.05, 0) is 89.9 Å². The molecule has 0 heterocycles. The molecule has 11 heteroatoms. The first-order chi connectivity index (χ1) is 25.7. The van der Waals surface area contributed by atoms with Gasteiger partial charge in [-0.15, -0.1) is 0 Å². The molecule has 3 atom stereocenters. The van der Waals surface area contributed by atoms with Crippen LogP contribution in [0.5, 0.6) is 0 Å². The number of carbonyl (C=O) groups is 2. The summed E-state index contributed by atoms with van der Waals surface area (Å²) in [5.74, 6) is -1.85. The van der Waals surface area contributed by atoms with E-state index in [0.29, 0.717) is 13.0 Å². The highest BCUT2D eigenvalue weighted by atomic mass is 31.2. The van der Waals surface area contributed by atoms with E-state index in [0.717, 1.165) is 89.9 Å². The third-order valence-electron chi connectivity index (χ3n) is 7.36. The summed E-state index contributed by atoms with van der Waals surface area (Å²) in [4.78, 5) is 33.4. The van der Waals surface area contributed by atoms with E-state index >= 15 is 0 Å². The summed E-state index contributed by atoms with van der Waals surface area (Å²) in [6.45, 7) is 3.47. The average Bonchev–Trinajstić information content (AvgIpc) is 3.13. The first kappa shape index (κ1) is 49.9. The predicted octanol–water partition coefficient (Wildman–Crippen LogP) is 10.2. The second-order valence-electron chi connectivity index (χ2n) is 12.3. The van der Waals surface area contributed by atoms with E-state index in [9.17, 15) is 19.0 Å². The Bertz CT molecular complexity index is 1200. The highest BCUT2D eigenvalue weighted by molar-refractivity contribution is 7.47. The zero-order valence-electron chi connectivity index (χ0n) is 32.3. The molecule has 0 aliphatic rings. The lowest BCUT2D eigenvalue weighted by Gasteiger charge is -2.20. The summed E-state index contributed by atoms with van der Waals surface area (Å²) in [7, 11) is -4.64. The molecule has 0 amide bonds. The van der Waals surface area contributed by atoms with Crippen LogP contribution in [0.15, 0.2) is 97.2 Å². The minimum atomic E-state index is -4.64. The number of ether oxygens (including phenoxy) is 2. The predicted molar refractivity (Wildman–Crippen MR) is 216 cm³/mol. The lowest BCUT2D eigenvalue weighted by Crippen LogP contribution is -2.34. The van der Waals surface area contributed by atoms with Gasteiger partial charge in [0.1, 0.15) is 12.1 Å². The number of rotatable bonds is 35. The van der Waals surface area contributed by atoms with Gasteiger partial charge in [-0.2, -0.15) is 0 Å². The minimum Gasteiger partial charge on any atom is -0.480 e. The number of hydrogen-bond donors (Lipinski definition) is 3. The van der Waals surface area contributed by atoms with Crippen molar-refractivity contribution >= 4 is 19.8 Å². The maximum Gasteiger partial charge on any atom is 0.472 e. The molecule has 0 spiro atoms. The van der Waals surface area contributed by atoms with Crippen molar-refractivity contribution in [3.05, 3.63) is 97.2 Å². The van der Waals surface area contributed by atoms with E-state index in [1.165, 1.54) is 0 Å². The van der Waals surface area contributed by atoms with Crippen LogP contribution in [0.1, 0.15) is 117 Å². The number of phosphoric acid groups is 1. The molecule has 0 fully saturated rings. The maximum absolute atomic E-state index is 12.6. The molecule has 0 rings (SSSR count). The van der Waals surface area contributed by atoms with E-state index in [2.05, 4.69) is 116 Å². The van der Waals surface area contributed by atoms with Crippen molar-refractivity contribution in [3.63, 3.8) is 0 Å². The van der Waals surface area contributed by atoms with Crippen LogP contribution in [-0.4, -0.2) is 60.5 Å². The van der Waals surface area contributed by atoms with Crippen LogP contribution < -0.4 is 5.73 Å². The molecule has 53 heavy (non-hydrogen) atoms. The molecule has 0 radical (unpaired) electrons. The molecule has 0 aromatic rings. The Hall–Kier alpha value is -3.11. The van der Waals surface area contributed by atoms with Crippen molar-refractivity contribution in [3.8, 4) is 0 Å². The summed E-state index contributed by atoms with van der Waals surface area (Å²) in [6.07, 6.45) is 47.5. The van der Waals surface area contributed by atoms with Gasteiger partial charge in [0.15, 0.2) is 0 Å². The number of carboxylic acid groups (broad SMARTS) is 1. The van der Waals surface area contributed by atoms with E-state index in [-0.39, 0.29) is 13.0 Å². The van der Waals surface area contributed by atoms with Gasteiger partial charge in [0, 0.05) is 13.0 Å². The zero-order valence-corrected chi connectivity index (χ0v) is 33.2. The van der Waals surface area contributed by atoms with Gasteiger partial charge < -0.3 is 25.2 Å². The van der Waals surface area contributed by atoms with Gasteiger partial charge in [-0.3, -0.25) is 18.6 Å². The Morgan fingerprint density at radius 2 is 1.04 bits per heavy atom. The lowest BCUT2D eigenvalue weighted by molar-refractivity contribution is -0.154. The summed E-state index contributed by atoms with van der Waals surface area (Å²) >= 11 is 0. The molecule has 10 nitrogen and oxygen atoms in total. The monoisotopic (exact) mass is 761 g/mol. The molecule has 0 aliphatic carbocycles. The molecule has 0 aromatic carbocycles. The van der Waals surface area contributed by atoms with Gasteiger partial charge in [0.05, 0.1) is 19.8 Å². The second kappa shape index (κ2) is 37.2. The fourth-order valence-corrected chi connectivity index (χ4v) is 5.18. The van der Waals surface area contributed by atoms with Crippen molar-refractivity contribution in [1.82, 2.24) is 0 Å². The smallest absolute Gasteiger partial charge is 0.472 e. The molecular weight excluding hydrogens is 693 g/mol. The van der Waals surface area contributed by atoms with Crippen LogP contribution in [0, 0.1) is 0 Å². The van der Waals surface area contributed by atoms with Crippen molar-refractivity contribution < 1.29 is 42.7 Å².